The van der Waals surface area contributed by atoms with Gasteiger partial charge in [-0.15, -0.1) is 0 Å². The first-order valence-corrected chi connectivity index (χ1v) is 7.34. The van der Waals surface area contributed by atoms with Gasteiger partial charge in [0.25, 0.3) is 0 Å². The molecular formula is C10H20N2O2S. The van der Waals surface area contributed by atoms with Crippen LogP contribution < -0.4 is 10.0 Å². The summed E-state index contributed by atoms with van der Waals surface area (Å²) in [5.74, 6) is 0.686. The molecule has 0 radical (unpaired) electrons. The van der Waals surface area contributed by atoms with Gasteiger partial charge in [0.05, 0.1) is 5.25 Å². The molecule has 5 heteroatoms. The quantitative estimate of drug-likeness (QED) is 0.743. The Morgan fingerprint density at radius 1 is 1.20 bits per heavy atom. The van der Waals surface area contributed by atoms with Crippen molar-refractivity contribution in [2.24, 2.45) is 5.92 Å². The maximum absolute atomic E-state index is 12.0. The summed E-state index contributed by atoms with van der Waals surface area (Å²) in [6.07, 6.45) is 3.50. The molecule has 0 aromatic heterocycles. The van der Waals surface area contributed by atoms with Crippen molar-refractivity contribution in [2.75, 3.05) is 13.1 Å². The molecule has 1 aliphatic carbocycles. The van der Waals surface area contributed by atoms with Crippen molar-refractivity contribution < 1.29 is 8.42 Å². The molecule has 4 nitrogen and oxygen atoms in total. The van der Waals surface area contributed by atoms with Crippen LogP contribution >= 0.6 is 0 Å². The van der Waals surface area contributed by atoms with Crippen LogP contribution in [0.5, 0.6) is 0 Å². The average molecular weight is 232 g/mol. The van der Waals surface area contributed by atoms with Gasteiger partial charge in [-0.2, -0.15) is 0 Å². The third-order valence-corrected chi connectivity index (χ3v) is 5.44. The lowest BCUT2D eigenvalue weighted by Crippen LogP contribution is -2.49. The van der Waals surface area contributed by atoms with Crippen molar-refractivity contribution >= 4 is 10.0 Å². The highest BCUT2D eigenvalue weighted by atomic mass is 32.2. The minimum absolute atomic E-state index is 0.172. The van der Waals surface area contributed by atoms with Gasteiger partial charge in [0.15, 0.2) is 0 Å². The van der Waals surface area contributed by atoms with E-state index in [1.165, 1.54) is 0 Å². The predicted molar refractivity (Wildman–Crippen MR) is 60.1 cm³/mol. The molecule has 1 saturated heterocycles. The van der Waals surface area contributed by atoms with Gasteiger partial charge in [0.1, 0.15) is 0 Å². The minimum atomic E-state index is -3.06. The highest BCUT2D eigenvalue weighted by molar-refractivity contribution is 7.90. The number of piperidine rings is 1. The summed E-state index contributed by atoms with van der Waals surface area (Å²) in [4.78, 5) is 0. The molecule has 0 atom stereocenters. The number of hydrogen-bond donors (Lipinski definition) is 2. The van der Waals surface area contributed by atoms with E-state index in [1.807, 2.05) is 0 Å². The Morgan fingerprint density at radius 3 is 2.33 bits per heavy atom. The number of sulfonamides is 1. The van der Waals surface area contributed by atoms with Crippen molar-refractivity contribution in [2.45, 2.75) is 43.9 Å². The van der Waals surface area contributed by atoms with Gasteiger partial charge >= 0.3 is 0 Å². The van der Waals surface area contributed by atoms with Crippen LogP contribution in [0, 0.1) is 5.92 Å². The summed E-state index contributed by atoms with van der Waals surface area (Å²) < 4.78 is 26.8. The molecule has 2 fully saturated rings. The Labute approximate surface area is 91.9 Å². The van der Waals surface area contributed by atoms with Crippen LogP contribution in [0.3, 0.4) is 0 Å². The molecule has 2 rings (SSSR count). The van der Waals surface area contributed by atoms with E-state index in [0.29, 0.717) is 5.92 Å². The van der Waals surface area contributed by atoms with Crippen LogP contribution in [0.4, 0.5) is 0 Å². The van der Waals surface area contributed by atoms with Crippen LogP contribution in [-0.4, -0.2) is 32.8 Å². The van der Waals surface area contributed by atoms with Gasteiger partial charge in [-0.25, -0.2) is 13.1 Å². The topological polar surface area (TPSA) is 58.2 Å². The van der Waals surface area contributed by atoms with Crippen molar-refractivity contribution in [3.05, 3.63) is 0 Å². The molecule has 0 spiro atoms. The summed E-state index contributed by atoms with van der Waals surface area (Å²) in [7, 11) is -3.06. The SMILES string of the molecule is CC1CC(NS(=O)(=O)C2CCNCC2)C1. The molecule has 88 valence electrons. The first-order valence-electron chi connectivity index (χ1n) is 5.80. The van der Waals surface area contributed by atoms with E-state index in [0.717, 1.165) is 38.8 Å². The van der Waals surface area contributed by atoms with Gasteiger partial charge in [0, 0.05) is 6.04 Å². The maximum atomic E-state index is 12.0. The molecule has 2 aliphatic rings. The summed E-state index contributed by atoms with van der Waals surface area (Å²) in [5.41, 5.74) is 0. The Bertz CT molecular complexity index is 303. The van der Waals surface area contributed by atoms with Crippen LogP contribution in [-0.2, 0) is 10.0 Å². The van der Waals surface area contributed by atoms with E-state index in [4.69, 9.17) is 0 Å². The van der Waals surface area contributed by atoms with Crippen LogP contribution in [0.15, 0.2) is 0 Å². The molecule has 0 amide bonds. The molecule has 0 bridgehead atoms. The fourth-order valence-corrected chi connectivity index (χ4v) is 4.14. The van der Waals surface area contributed by atoms with Gasteiger partial charge in [-0.05, 0) is 44.7 Å². The molecule has 15 heavy (non-hydrogen) atoms. The third-order valence-electron chi connectivity index (χ3n) is 3.43. The fourth-order valence-electron chi connectivity index (χ4n) is 2.43. The zero-order valence-electron chi connectivity index (χ0n) is 9.20. The van der Waals surface area contributed by atoms with Crippen molar-refractivity contribution in [1.29, 1.82) is 0 Å². The lowest BCUT2D eigenvalue weighted by molar-refractivity contribution is 0.269. The Balaban J connectivity index is 1.88. The fraction of sp³-hybridized carbons (Fsp3) is 1.00. The van der Waals surface area contributed by atoms with Crippen molar-refractivity contribution in [3.8, 4) is 0 Å². The van der Waals surface area contributed by atoms with E-state index >= 15 is 0 Å². The standard InChI is InChI=1S/C10H20N2O2S/c1-8-6-9(7-8)12-15(13,14)10-2-4-11-5-3-10/h8-12H,2-7H2,1H3. The van der Waals surface area contributed by atoms with E-state index in [9.17, 15) is 8.42 Å². The summed E-state index contributed by atoms with van der Waals surface area (Å²) in [6, 6.07) is 0.208. The Hall–Kier alpha value is -0.130. The largest absolute Gasteiger partial charge is 0.317 e. The second-order valence-electron chi connectivity index (χ2n) is 4.89. The lowest BCUT2D eigenvalue weighted by Gasteiger charge is -2.34. The average Bonchev–Trinajstić information content (AvgIpc) is 2.17. The second-order valence-corrected chi connectivity index (χ2v) is 6.88. The minimum Gasteiger partial charge on any atom is -0.317 e. The van der Waals surface area contributed by atoms with Crippen LogP contribution in [0.2, 0.25) is 0 Å². The highest BCUT2D eigenvalue weighted by Gasteiger charge is 2.33. The van der Waals surface area contributed by atoms with Crippen LogP contribution in [0.25, 0.3) is 0 Å². The molecule has 1 aliphatic heterocycles. The van der Waals surface area contributed by atoms with E-state index in [1.54, 1.807) is 0 Å². The highest BCUT2D eigenvalue weighted by Crippen LogP contribution is 2.27. The molecule has 1 saturated carbocycles. The molecule has 0 unspecified atom stereocenters. The number of nitrogens with one attached hydrogen (secondary N) is 2. The second kappa shape index (κ2) is 4.39. The van der Waals surface area contributed by atoms with Gasteiger partial charge in [-0.1, -0.05) is 6.92 Å². The zero-order valence-corrected chi connectivity index (χ0v) is 10.0. The summed E-state index contributed by atoms with van der Waals surface area (Å²) in [6.45, 7) is 3.81. The normalized spacial score (nSPS) is 33.7. The van der Waals surface area contributed by atoms with Crippen molar-refractivity contribution in [1.82, 2.24) is 10.0 Å². The van der Waals surface area contributed by atoms with Crippen LogP contribution in [0.1, 0.15) is 32.6 Å². The molecule has 0 aromatic rings. The van der Waals surface area contributed by atoms with Gasteiger partial charge < -0.3 is 5.32 Å². The molecular weight excluding hydrogens is 212 g/mol. The first-order chi connectivity index (χ1) is 7.08. The van der Waals surface area contributed by atoms with Gasteiger partial charge in [-0.3, -0.25) is 0 Å². The molecule has 1 heterocycles. The Morgan fingerprint density at radius 2 is 1.80 bits per heavy atom. The smallest absolute Gasteiger partial charge is 0.214 e. The number of rotatable bonds is 3. The zero-order chi connectivity index (χ0) is 10.9. The van der Waals surface area contributed by atoms with Gasteiger partial charge in [0.2, 0.25) is 10.0 Å². The monoisotopic (exact) mass is 232 g/mol. The molecule has 2 N–H and O–H groups in total. The lowest BCUT2D eigenvalue weighted by atomic mass is 9.83. The van der Waals surface area contributed by atoms with E-state index in [-0.39, 0.29) is 11.3 Å². The summed E-state index contributed by atoms with van der Waals surface area (Å²) >= 11 is 0. The number of hydrogen-bond acceptors (Lipinski definition) is 3. The van der Waals surface area contributed by atoms with E-state index in [2.05, 4.69) is 17.0 Å². The van der Waals surface area contributed by atoms with E-state index < -0.39 is 10.0 Å². The molecule has 0 aromatic carbocycles. The Kier molecular flexibility index (Phi) is 3.33. The summed E-state index contributed by atoms with van der Waals surface area (Å²) in [5, 5.41) is 3.01. The third kappa shape index (κ3) is 2.71. The maximum Gasteiger partial charge on any atom is 0.214 e. The first kappa shape index (κ1) is 11.4. The predicted octanol–water partition coefficient (Wildman–Crippen LogP) is 0.456. The van der Waals surface area contributed by atoms with Crippen molar-refractivity contribution in [3.63, 3.8) is 0 Å².